The Bertz CT molecular complexity index is 841. The van der Waals surface area contributed by atoms with Crippen LogP contribution in [0.1, 0.15) is 57.1 Å². The summed E-state index contributed by atoms with van der Waals surface area (Å²) in [6.45, 7) is 14.6. The standard InChI is InChI=1S/C26H34N2/c1-7-10-25(19(4)5)22-13-11-21(12-14-22)23-15-16-24(17-20(8-2)9-3)26(18-23)28(6)27/h8,11-18,25H,2,4,7,9-10,27H2,1,3,5-6H3/b20-17-. The first-order valence-corrected chi connectivity index (χ1v) is 10.1. The quantitative estimate of drug-likeness (QED) is 0.219. The molecule has 2 rings (SSSR count). The molecule has 0 aliphatic carbocycles. The zero-order valence-electron chi connectivity index (χ0n) is 17.8. The van der Waals surface area contributed by atoms with E-state index in [2.05, 4.69) is 82.5 Å². The monoisotopic (exact) mass is 374 g/mol. The summed E-state index contributed by atoms with van der Waals surface area (Å²) < 4.78 is 0. The number of hydrogen-bond acceptors (Lipinski definition) is 2. The molecule has 1 unspecified atom stereocenters. The summed E-state index contributed by atoms with van der Waals surface area (Å²) in [5.74, 6) is 6.55. The molecule has 2 heteroatoms. The molecule has 2 nitrogen and oxygen atoms in total. The van der Waals surface area contributed by atoms with E-state index in [9.17, 15) is 0 Å². The molecule has 0 fully saturated rings. The van der Waals surface area contributed by atoms with Gasteiger partial charge < -0.3 is 5.01 Å². The summed E-state index contributed by atoms with van der Waals surface area (Å²) in [6.07, 6.45) is 7.30. The third-order valence-corrected chi connectivity index (χ3v) is 5.24. The van der Waals surface area contributed by atoms with E-state index < -0.39 is 0 Å². The fourth-order valence-corrected chi connectivity index (χ4v) is 3.55. The van der Waals surface area contributed by atoms with E-state index in [1.165, 1.54) is 22.3 Å². The summed E-state index contributed by atoms with van der Waals surface area (Å²) in [5, 5.41) is 1.68. The van der Waals surface area contributed by atoms with Crippen LogP contribution in [0.5, 0.6) is 0 Å². The van der Waals surface area contributed by atoms with Crippen molar-refractivity contribution in [1.29, 1.82) is 0 Å². The molecule has 2 aromatic rings. The molecular weight excluding hydrogens is 340 g/mol. The number of rotatable bonds is 9. The molecule has 0 bridgehead atoms. The molecule has 28 heavy (non-hydrogen) atoms. The predicted molar refractivity (Wildman–Crippen MR) is 125 cm³/mol. The Kier molecular flexibility index (Phi) is 7.83. The molecule has 148 valence electrons. The van der Waals surface area contributed by atoms with Gasteiger partial charge in [0.2, 0.25) is 0 Å². The van der Waals surface area contributed by atoms with Crippen LogP contribution in [0.4, 0.5) is 5.69 Å². The van der Waals surface area contributed by atoms with Gasteiger partial charge in [-0.05, 0) is 59.7 Å². The van der Waals surface area contributed by atoms with Gasteiger partial charge in [-0.2, -0.15) is 0 Å². The number of hydrazine groups is 1. The second kappa shape index (κ2) is 10.1. The largest absolute Gasteiger partial charge is 0.313 e. The summed E-state index contributed by atoms with van der Waals surface area (Å²) in [6, 6.07) is 15.3. The van der Waals surface area contributed by atoms with Crippen molar-refractivity contribution in [3.8, 4) is 11.1 Å². The Morgan fingerprint density at radius 2 is 1.75 bits per heavy atom. The highest BCUT2D eigenvalue weighted by Gasteiger charge is 2.12. The lowest BCUT2D eigenvalue weighted by molar-refractivity contribution is 0.688. The topological polar surface area (TPSA) is 29.3 Å². The number of nitrogens with zero attached hydrogens (tertiary/aromatic N) is 1. The van der Waals surface area contributed by atoms with Crippen LogP contribution >= 0.6 is 0 Å². The first kappa shape index (κ1) is 21.7. The highest BCUT2D eigenvalue weighted by molar-refractivity contribution is 5.77. The Balaban J connectivity index is 2.40. The van der Waals surface area contributed by atoms with Crippen LogP contribution in [-0.4, -0.2) is 7.05 Å². The Labute approximate surface area is 171 Å². The van der Waals surface area contributed by atoms with Crippen LogP contribution in [0.15, 0.2) is 72.8 Å². The van der Waals surface area contributed by atoms with Crippen molar-refractivity contribution in [2.75, 3.05) is 12.1 Å². The lowest BCUT2D eigenvalue weighted by Gasteiger charge is -2.19. The molecule has 0 spiro atoms. The van der Waals surface area contributed by atoms with Crippen molar-refractivity contribution in [2.45, 2.75) is 46.0 Å². The van der Waals surface area contributed by atoms with Gasteiger partial charge in [0, 0.05) is 13.0 Å². The van der Waals surface area contributed by atoms with E-state index in [1.807, 2.05) is 13.1 Å². The molecular formula is C26H34N2. The number of anilines is 1. The SMILES string of the molecule is C=C/C(=C/c1ccc(-c2ccc(C(CCC)C(=C)C)cc2)cc1N(C)N)CC. The third-order valence-electron chi connectivity index (χ3n) is 5.24. The second-order valence-electron chi connectivity index (χ2n) is 7.47. The number of nitrogens with two attached hydrogens (primary N) is 1. The Hall–Kier alpha value is -2.58. The fourth-order valence-electron chi connectivity index (χ4n) is 3.55. The molecule has 1 atom stereocenters. The van der Waals surface area contributed by atoms with Crippen LogP contribution in [-0.2, 0) is 0 Å². The van der Waals surface area contributed by atoms with Gasteiger partial charge in [0.25, 0.3) is 0 Å². The first-order valence-electron chi connectivity index (χ1n) is 10.1. The van der Waals surface area contributed by atoms with Crippen LogP contribution in [0.3, 0.4) is 0 Å². The van der Waals surface area contributed by atoms with Crippen molar-refractivity contribution in [3.05, 3.63) is 84.0 Å². The minimum atomic E-state index is 0.434. The zero-order chi connectivity index (χ0) is 20.7. The van der Waals surface area contributed by atoms with Crippen molar-refractivity contribution < 1.29 is 0 Å². The second-order valence-corrected chi connectivity index (χ2v) is 7.47. The van der Waals surface area contributed by atoms with Crippen LogP contribution in [0.2, 0.25) is 0 Å². The van der Waals surface area contributed by atoms with Gasteiger partial charge in [0.15, 0.2) is 0 Å². The summed E-state index contributed by atoms with van der Waals surface area (Å²) in [7, 11) is 1.88. The van der Waals surface area contributed by atoms with Gasteiger partial charge in [0.1, 0.15) is 0 Å². The van der Waals surface area contributed by atoms with Gasteiger partial charge in [-0.25, -0.2) is 5.84 Å². The summed E-state index contributed by atoms with van der Waals surface area (Å²) >= 11 is 0. The third kappa shape index (κ3) is 5.24. The van der Waals surface area contributed by atoms with Crippen LogP contribution < -0.4 is 10.9 Å². The lowest BCUT2D eigenvalue weighted by atomic mass is 9.88. The average molecular weight is 375 g/mol. The van der Waals surface area contributed by atoms with E-state index in [0.717, 1.165) is 36.1 Å². The number of allylic oxidation sites excluding steroid dienone is 3. The van der Waals surface area contributed by atoms with Crippen LogP contribution in [0, 0.1) is 0 Å². The Morgan fingerprint density at radius 1 is 1.11 bits per heavy atom. The number of hydrogen-bond donors (Lipinski definition) is 1. The fraction of sp³-hybridized carbons (Fsp3) is 0.308. The molecule has 0 saturated carbocycles. The molecule has 0 amide bonds. The van der Waals surface area contributed by atoms with Crippen molar-refractivity contribution in [3.63, 3.8) is 0 Å². The van der Waals surface area contributed by atoms with Gasteiger partial charge in [-0.1, -0.05) is 81.5 Å². The molecule has 0 radical (unpaired) electrons. The Morgan fingerprint density at radius 3 is 2.25 bits per heavy atom. The maximum Gasteiger partial charge on any atom is 0.0592 e. The average Bonchev–Trinajstić information content (AvgIpc) is 2.70. The van der Waals surface area contributed by atoms with E-state index in [1.54, 1.807) is 5.01 Å². The van der Waals surface area contributed by atoms with Crippen molar-refractivity contribution >= 4 is 11.8 Å². The molecule has 0 aliphatic rings. The molecule has 0 aliphatic heterocycles. The van der Waals surface area contributed by atoms with E-state index in [4.69, 9.17) is 5.84 Å². The number of benzene rings is 2. The first-order chi connectivity index (χ1) is 13.4. The van der Waals surface area contributed by atoms with E-state index in [0.29, 0.717) is 5.92 Å². The molecule has 2 aromatic carbocycles. The zero-order valence-corrected chi connectivity index (χ0v) is 17.8. The van der Waals surface area contributed by atoms with Gasteiger partial charge in [-0.3, -0.25) is 0 Å². The molecule has 0 heterocycles. The maximum atomic E-state index is 6.12. The van der Waals surface area contributed by atoms with E-state index in [-0.39, 0.29) is 0 Å². The maximum absolute atomic E-state index is 6.12. The van der Waals surface area contributed by atoms with E-state index >= 15 is 0 Å². The normalized spacial score (nSPS) is 12.5. The minimum absolute atomic E-state index is 0.434. The molecule has 2 N–H and O–H groups in total. The van der Waals surface area contributed by atoms with Gasteiger partial charge >= 0.3 is 0 Å². The minimum Gasteiger partial charge on any atom is -0.313 e. The summed E-state index contributed by atoms with van der Waals surface area (Å²) in [4.78, 5) is 0. The molecule has 0 aromatic heterocycles. The van der Waals surface area contributed by atoms with Crippen molar-refractivity contribution in [1.82, 2.24) is 0 Å². The lowest BCUT2D eigenvalue weighted by Crippen LogP contribution is -2.25. The highest BCUT2D eigenvalue weighted by atomic mass is 15.4. The van der Waals surface area contributed by atoms with Gasteiger partial charge in [-0.15, -0.1) is 0 Å². The predicted octanol–water partition coefficient (Wildman–Crippen LogP) is 7.10. The van der Waals surface area contributed by atoms with Crippen LogP contribution in [0.25, 0.3) is 17.2 Å². The van der Waals surface area contributed by atoms with Gasteiger partial charge in [0.05, 0.1) is 5.69 Å². The summed E-state index contributed by atoms with van der Waals surface area (Å²) in [5.41, 5.74) is 8.22. The highest BCUT2D eigenvalue weighted by Crippen LogP contribution is 2.32. The smallest absolute Gasteiger partial charge is 0.0592 e. The van der Waals surface area contributed by atoms with Crippen molar-refractivity contribution in [2.24, 2.45) is 5.84 Å². The molecule has 0 saturated heterocycles.